The Morgan fingerprint density at radius 2 is 2.20 bits per heavy atom. The van der Waals surface area contributed by atoms with Crippen molar-refractivity contribution in [3.8, 4) is 0 Å². The van der Waals surface area contributed by atoms with Gasteiger partial charge >= 0.3 is 0 Å². The van der Waals surface area contributed by atoms with Crippen molar-refractivity contribution in [2.45, 2.75) is 18.4 Å². The van der Waals surface area contributed by atoms with Crippen molar-refractivity contribution in [1.82, 2.24) is 14.5 Å². The Morgan fingerprint density at radius 3 is 2.85 bits per heavy atom. The Balaban J connectivity index is 2.14. The van der Waals surface area contributed by atoms with Gasteiger partial charge in [-0.2, -0.15) is 5.10 Å². The number of anilines is 1. The number of halogens is 1. The molecular formula is C12H15ClN4O2S. The van der Waals surface area contributed by atoms with E-state index < -0.39 is 10.0 Å². The summed E-state index contributed by atoms with van der Waals surface area (Å²) in [6.07, 6.45) is 3.40. The number of nitrogens with one attached hydrogen (secondary N) is 1. The van der Waals surface area contributed by atoms with Gasteiger partial charge in [0.25, 0.3) is 0 Å². The fourth-order valence-electron chi connectivity index (χ4n) is 1.76. The van der Waals surface area contributed by atoms with Crippen molar-refractivity contribution in [2.75, 3.05) is 12.3 Å². The number of hydrogen-bond acceptors (Lipinski definition) is 4. The summed E-state index contributed by atoms with van der Waals surface area (Å²) in [4.78, 5) is 0.1000. The lowest BCUT2D eigenvalue weighted by molar-refractivity contribution is 0.560. The Hall–Kier alpha value is -1.57. The van der Waals surface area contributed by atoms with E-state index in [0.717, 1.165) is 0 Å². The molecule has 0 aliphatic carbocycles. The first-order chi connectivity index (χ1) is 9.40. The zero-order chi connectivity index (χ0) is 14.8. The van der Waals surface area contributed by atoms with Crippen LogP contribution >= 0.6 is 11.6 Å². The zero-order valence-electron chi connectivity index (χ0n) is 10.9. The highest BCUT2D eigenvalue weighted by Crippen LogP contribution is 2.25. The van der Waals surface area contributed by atoms with Gasteiger partial charge in [-0.05, 0) is 30.7 Å². The third-order valence-electron chi connectivity index (χ3n) is 2.85. The SMILES string of the molecule is Cc1c(N)cc(Cl)cc1S(=O)(=O)NCCn1cccn1. The molecule has 0 unspecified atom stereocenters. The highest BCUT2D eigenvalue weighted by atomic mass is 35.5. The van der Waals surface area contributed by atoms with Crippen LogP contribution in [0.5, 0.6) is 0 Å². The molecule has 0 atom stereocenters. The van der Waals surface area contributed by atoms with Gasteiger partial charge in [-0.25, -0.2) is 13.1 Å². The predicted molar refractivity (Wildman–Crippen MR) is 78.0 cm³/mol. The molecular weight excluding hydrogens is 300 g/mol. The van der Waals surface area contributed by atoms with E-state index in [1.807, 2.05) is 0 Å². The van der Waals surface area contributed by atoms with Crippen LogP contribution in [0.25, 0.3) is 0 Å². The van der Waals surface area contributed by atoms with Gasteiger partial charge < -0.3 is 5.73 Å². The third kappa shape index (κ3) is 3.30. The molecule has 8 heteroatoms. The lowest BCUT2D eigenvalue weighted by atomic mass is 10.2. The Kier molecular flexibility index (Phi) is 4.32. The minimum atomic E-state index is -3.64. The van der Waals surface area contributed by atoms with Crippen LogP contribution in [0.2, 0.25) is 5.02 Å². The first-order valence-electron chi connectivity index (χ1n) is 5.93. The average molecular weight is 315 g/mol. The van der Waals surface area contributed by atoms with Crippen LogP contribution in [0, 0.1) is 6.92 Å². The second kappa shape index (κ2) is 5.82. The van der Waals surface area contributed by atoms with Gasteiger partial charge in [0.15, 0.2) is 0 Å². The predicted octanol–water partition coefficient (Wildman–Crippen LogP) is 1.41. The lowest BCUT2D eigenvalue weighted by Gasteiger charge is -2.11. The molecule has 0 amide bonds. The fourth-order valence-corrected chi connectivity index (χ4v) is 3.37. The summed E-state index contributed by atoms with van der Waals surface area (Å²) in [5.41, 5.74) is 6.57. The molecule has 0 saturated heterocycles. The maximum Gasteiger partial charge on any atom is 0.241 e. The number of aromatic nitrogens is 2. The largest absolute Gasteiger partial charge is 0.398 e. The molecule has 0 spiro atoms. The molecule has 20 heavy (non-hydrogen) atoms. The van der Waals surface area contributed by atoms with Gasteiger partial charge in [-0.1, -0.05) is 11.6 Å². The summed E-state index contributed by atoms with van der Waals surface area (Å²) in [7, 11) is -3.64. The number of benzene rings is 1. The number of sulfonamides is 1. The van der Waals surface area contributed by atoms with Crippen LogP contribution in [-0.2, 0) is 16.6 Å². The van der Waals surface area contributed by atoms with Crippen molar-refractivity contribution < 1.29 is 8.42 Å². The van der Waals surface area contributed by atoms with E-state index >= 15 is 0 Å². The van der Waals surface area contributed by atoms with E-state index in [9.17, 15) is 8.42 Å². The van der Waals surface area contributed by atoms with Crippen LogP contribution in [0.1, 0.15) is 5.56 Å². The molecule has 0 fully saturated rings. The molecule has 2 aromatic rings. The molecule has 108 valence electrons. The van der Waals surface area contributed by atoms with Gasteiger partial charge in [0.1, 0.15) is 0 Å². The van der Waals surface area contributed by atoms with Crippen LogP contribution in [0.15, 0.2) is 35.5 Å². The first-order valence-corrected chi connectivity index (χ1v) is 7.79. The Bertz CT molecular complexity index is 698. The Labute approximate surface area is 122 Å². The molecule has 2 rings (SSSR count). The summed E-state index contributed by atoms with van der Waals surface area (Å²) in [5.74, 6) is 0. The Morgan fingerprint density at radius 1 is 1.45 bits per heavy atom. The second-order valence-corrected chi connectivity index (χ2v) is 6.46. The highest BCUT2D eigenvalue weighted by Gasteiger charge is 2.18. The number of rotatable bonds is 5. The summed E-state index contributed by atoms with van der Waals surface area (Å²) < 4.78 is 28.6. The summed E-state index contributed by atoms with van der Waals surface area (Å²) in [5, 5.41) is 4.29. The number of nitrogens with two attached hydrogens (primary N) is 1. The van der Waals surface area contributed by atoms with Crippen molar-refractivity contribution in [1.29, 1.82) is 0 Å². The smallest absolute Gasteiger partial charge is 0.241 e. The van der Waals surface area contributed by atoms with E-state index in [4.69, 9.17) is 17.3 Å². The number of nitrogens with zero attached hydrogens (tertiary/aromatic N) is 2. The van der Waals surface area contributed by atoms with Gasteiger partial charge in [0, 0.05) is 29.6 Å². The van der Waals surface area contributed by atoms with E-state index in [-0.39, 0.29) is 11.4 Å². The van der Waals surface area contributed by atoms with E-state index in [0.29, 0.717) is 22.8 Å². The van der Waals surface area contributed by atoms with Crippen LogP contribution < -0.4 is 10.5 Å². The third-order valence-corrected chi connectivity index (χ3v) is 4.65. The maximum absolute atomic E-state index is 12.2. The number of nitrogen functional groups attached to an aromatic ring is 1. The molecule has 6 nitrogen and oxygen atoms in total. The van der Waals surface area contributed by atoms with Gasteiger partial charge in [-0.15, -0.1) is 0 Å². The van der Waals surface area contributed by atoms with Crippen molar-refractivity contribution in [3.05, 3.63) is 41.2 Å². The van der Waals surface area contributed by atoms with Crippen LogP contribution in [0.4, 0.5) is 5.69 Å². The van der Waals surface area contributed by atoms with E-state index in [2.05, 4.69) is 9.82 Å². The van der Waals surface area contributed by atoms with Crippen LogP contribution in [0.3, 0.4) is 0 Å². The summed E-state index contributed by atoms with van der Waals surface area (Å²) in [6, 6.07) is 4.69. The van der Waals surface area contributed by atoms with Gasteiger partial charge in [-0.3, -0.25) is 4.68 Å². The van der Waals surface area contributed by atoms with E-state index in [1.54, 1.807) is 30.1 Å². The standard InChI is InChI=1S/C12H15ClN4O2S/c1-9-11(14)7-10(13)8-12(9)20(18,19)16-4-6-17-5-2-3-15-17/h2-3,5,7-8,16H,4,6,14H2,1H3. The van der Waals surface area contributed by atoms with Gasteiger partial charge in [0.2, 0.25) is 10.0 Å². The van der Waals surface area contributed by atoms with Gasteiger partial charge in [0.05, 0.1) is 11.4 Å². The summed E-state index contributed by atoms with van der Waals surface area (Å²) in [6.45, 7) is 2.32. The zero-order valence-corrected chi connectivity index (χ0v) is 12.4. The second-order valence-electron chi connectivity index (χ2n) is 4.29. The van der Waals surface area contributed by atoms with Crippen LogP contribution in [-0.4, -0.2) is 24.7 Å². The fraction of sp³-hybridized carbons (Fsp3) is 0.250. The normalized spacial score (nSPS) is 11.7. The minimum absolute atomic E-state index is 0.1000. The maximum atomic E-state index is 12.2. The number of hydrogen-bond donors (Lipinski definition) is 2. The quantitative estimate of drug-likeness (QED) is 0.816. The average Bonchev–Trinajstić information content (AvgIpc) is 2.86. The molecule has 1 aromatic heterocycles. The monoisotopic (exact) mass is 314 g/mol. The highest BCUT2D eigenvalue weighted by molar-refractivity contribution is 7.89. The van der Waals surface area contributed by atoms with Crippen molar-refractivity contribution in [3.63, 3.8) is 0 Å². The molecule has 0 radical (unpaired) electrons. The lowest BCUT2D eigenvalue weighted by Crippen LogP contribution is -2.28. The molecule has 0 bridgehead atoms. The summed E-state index contributed by atoms with van der Waals surface area (Å²) >= 11 is 5.86. The molecule has 1 heterocycles. The van der Waals surface area contributed by atoms with Crippen molar-refractivity contribution >= 4 is 27.3 Å². The topological polar surface area (TPSA) is 90.0 Å². The van der Waals surface area contributed by atoms with E-state index in [1.165, 1.54) is 12.1 Å². The molecule has 0 aliphatic rings. The molecule has 3 N–H and O–H groups in total. The van der Waals surface area contributed by atoms with Crippen molar-refractivity contribution in [2.24, 2.45) is 0 Å². The molecule has 1 aromatic carbocycles. The first kappa shape index (κ1) is 14.8. The molecule has 0 saturated carbocycles. The minimum Gasteiger partial charge on any atom is -0.398 e. The molecule has 0 aliphatic heterocycles.